The lowest BCUT2D eigenvalue weighted by atomic mass is 10.0. The third-order valence-electron chi connectivity index (χ3n) is 3.05. The van der Waals surface area contributed by atoms with Crippen molar-refractivity contribution in [2.24, 2.45) is 0 Å². The summed E-state index contributed by atoms with van der Waals surface area (Å²) < 4.78 is 31.4. The SMILES string of the molecule is COC1CCN(S(=O)(=O)c2nnc(N)s2)C(C)C1. The van der Waals surface area contributed by atoms with Gasteiger partial charge in [-0.15, -0.1) is 10.2 Å². The second-order valence-corrected chi connectivity index (χ2v) is 7.33. The Morgan fingerprint density at radius 2 is 2.22 bits per heavy atom. The fourth-order valence-electron chi connectivity index (χ4n) is 2.10. The summed E-state index contributed by atoms with van der Waals surface area (Å²) in [6.07, 6.45) is 1.49. The fourth-order valence-corrected chi connectivity index (χ4v) is 4.66. The van der Waals surface area contributed by atoms with Gasteiger partial charge < -0.3 is 10.5 Å². The normalized spacial score (nSPS) is 26.3. The Labute approximate surface area is 110 Å². The van der Waals surface area contributed by atoms with Crippen molar-refractivity contribution in [3.63, 3.8) is 0 Å². The van der Waals surface area contributed by atoms with E-state index in [-0.39, 0.29) is 21.6 Å². The third-order valence-corrected chi connectivity index (χ3v) is 6.16. The minimum absolute atomic E-state index is 0.0392. The van der Waals surface area contributed by atoms with Gasteiger partial charge in [0.25, 0.3) is 10.0 Å². The van der Waals surface area contributed by atoms with Gasteiger partial charge >= 0.3 is 0 Å². The highest BCUT2D eigenvalue weighted by molar-refractivity contribution is 7.91. The maximum Gasteiger partial charge on any atom is 0.272 e. The molecular weight excluding hydrogens is 276 g/mol. The molecule has 0 radical (unpaired) electrons. The van der Waals surface area contributed by atoms with Gasteiger partial charge in [-0.05, 0) is 19.8 Å². The Kier molecular flexibility index (Phi) is 3.85. The molecule has 1 fully saturated rings. The first-order chi connectivity index (χ1) is 8.45. The van der Waals surface area contributed by atoms with Crippen molar-refractivity contribution in [2.45, 2.75) is 36.3 Å². The lowest BCUT2D eigenvalue weighted by Crippen LogP contribution is -2.46. The summed E-state index contributed by atoms with van der Waals surface area (Å²) in [6.45, 7) is 2.30. The molecule has 102 valence electrons. The highest BCUT2D eigenvalue weighted by Crippen LogP contribution is 2.28. The smallest absolute Gasteiger partial charge is 0.272 e. The van der Waals surface area contributed by atoms with E-state index in [2.05, 4.69) is 10.2 Å². The summed E-state index contributed by atoms with van der Waals surface area (Å²) >= 11 is 0.892. The van der Waals surface area contributed by atoms with Gasteiger partial charge in [-0.25, -0.2) is 8.42 Å². The highest BCUT2D eigenvalue weighted by Gasteiger charge is 2.36. The molecular formula is C9H16N4O3S2. The van der Waals surface area contributed by atoms with Crippen molar-refractivity contribution in [3.8, 4) is 0 Å². The summed E-state index contributed by atoms with van der Waals surface area (Å²) in [7, 11) is -1.93. The molecule has 0 bridgehead atoms. The molecule has 1 aliphatic rings. The van der Waals surface area contributed by atoms with Crippen molar-refractivity contribution in [2.75, 3.05) is 19.4 Å². The number of nitrogen functional groups attached to an aromatic ring is 1. The molecule has 1 aromatic rings. The maximum absolute atomic E-state index is 12.3. The molecule has 0 aliphatic carbocycles. The standard InChI is InChI=1S/C9H16N4O3S2/c1-6-5-7(16-2)3-4-13(6)18(14,15)9-12-11-8(10)17-9/h6-7H,3-5H2,1-2H3,(H2,10,11). The van der Waals surface area contributed by atoms with E-state index in [0.717, 1.165) is 11.3 Å². The van der Waals surface area contributed by atoms with E-state index in [1.165, 1.54) is 4.31 Å². The molecule has 1 saturated heterocycles. The van der Waals surface area contributed by atoms with Crippen molar-refractivity contribution in [1.82, 2.24) is 14.5 Å². The maximum atomic E-state index is 12.3. The lowest BCUT2D eigenvalue weighted by Gasteiger charge is -2.35. The number of nitrogens with two attached hydrogens (primary N) is 1. The lowest BCUT2D eigenvalue weighted by molar-refractivity contribution is 0.0422. The molecule has 0 saturated carbocycles. The molecule has 0 spiro atoms. The molecule has 0 aromatic carbocycles. The quantitative estimate of drug-likeness (QED) is 0.861. The second-order valence-electron chi connectivity index (χ2n) is 4.25. The number of anilines is 1. The minimum Gasteiger partial charge on any atom is -0.381 e. The van der Waals surface area contributed by atoms with Crippen molar-refractivity contribution >= 4 is 26.5 Å². The zero-order chi connectivity index (χ0) is 13.3. The summed E-state index contributed by atoms with van der Waals surface area (Å²) in [5.41, 5.74) is 5.43. The molecule has 2 heterocycles. The molecule has 2 N–H and O–H groups in total. The van der Waals surface area contributed by atoms with Gasteiger partial charge in [0.05, 0.1) is 6.10 Å². The van der Waals surface area contributed by atoms with Crippen LogP contribution in [0.15, 0.2) is 4.34 Å². The van der Waals surface area contributed by atoms with E-state index in [1.54, 1.807) is 7.11 Å². The monoisotopic (exact) mass is 292 g/mol. The number of ether oxygens (including phenoxy) is 1. The van der Waals surface area contributed by atoms with Crippen LogP contribution in [0.2, 0.25) is 0 Å². The van der Waals surface area contributed by atoms with E-state index >= 15 is 0 Å². The Morgan fingerprint density at radius 1 is 1.50 bits per heavy atom. The average Bonchev–Trinajstić information content (AvgIpc) is 2.76. The van der Waals surface area contributed by atoms with Crippen LogP contribution in [-0.2, 0) is 14.8 Å². The largest absolute Gasteiger partial charge is 0.381 e. The Bertz CT molecular complexity index is 516. The number of rotatable bonds is 3. The van der Waals surface area contributed by atoms with Gasteiger partial charge in [-0.2, -0.15) is 4.31 Å². The van der Waals surface area contributed by atoms with E-state index < -0.39 is 10.0 Å². The zero-order valence-electron chi connectivity index (χ0n) is 10.2. The van der Waals surface area contributed by atoms with Crippen LogP contribution in [0.1, 0.15) is 19.8 Å². The Balaban J connectivity index is 2.21. The topological polar surface area (TPSA) is 98.4 Å². The van der Waals surface area contributed by atoms with Crippen LogP contribution in [-0.4, -0.2) is 48.7 Å². The van der Waals surface area contributed by atoms with E-state index in [9.17, 15) is 8.42 Å². The molecule has 1 aromatic heterocycles. The third kappa shape index (κ3) is 2.48. The average molecular weight is 292 g/mol. The van der Waals surface area contributed by atoms with Crippen LogP contribution >= 0.6 is 11.3 Å². The van der Waals surface area contributed by atoms with Gasteiger partial charge in [0, 0.05) is 19.7 Å². The van der Waals surface area contributed by atoms with Gasteiger partial charge in [0.1, 0.15) is 0 Å². The van der Waals surface area contributed by atoms with Crippen LogP contribution < -0.4 is 5.73 Å². The van der Waals surface area contributed by atoms with Gasteiger partial charge in [0.15, 0.2) is 0 Å². The van der Waals surface area contributed by atoms with Gasteiger partial charge in [0.2, 0.25) is 9.47 Å². The highest BCUT2D eigenvalue weighted by atomic mass is 32.2. The summed E-state index contributed by atoms with van der Waals surface area (Å²) in [6, 6.07) is -0.112. The molecule has 2 atom stereocenters. The van der Waals surface area contributed by atoms with Crippen molar-refractivity contribution in [1.29, 1.82) is 0 Å². The Morgan fingerprint density at radius 3 is 2.72 bits per heavy atom. The molecule has 1 aliphatic heterocycles. The molecule has 9 heteroatoms. The molecule has 2 unspecified atom stereocenters. The van der Waals surface area contributed by atoms with Crippen LogP contribution in [0.4, 0.5) is 5.13 Å². The predicted molar refractivity (Wildman–Crippen MR) is 67.7 cm³/mol. The van der Waals surface area contributed by atoms with E-state index in [4.69, 9.17) is 10.5 Å². The predicted octanol–water partition coefficient (Wildman–Crippen LogP) is 0.308. The number of hydrogen-bond donors (Lipinski definition) is 1. The molecule has 18 heavy (non-hydrogen) atoms. The number of hydrogen-bond acceptors (Lipinski definition) is 7. The fraction of sp³-hybridized carbons (Fsp3) is 0.778. The van der Waals surface area contributed by atoms with Crippen LogP contribution in [0.5, 0.6) is 0 Å². The number of methoxy groups -OCH3 is 1. The van der Waals surface area contributed by atoms with Crippen LogP contribution in [0.25, 0.3) is 0 Å². The number of aromatic nitrogens is 2. The molecule has 2 rings (SSSR count). The van der Waals surface area contributed by atoms with E-state index in [1.807, 2.05) is 6.92 Å². The first-order valence-corrected chi connectivity index (χ1v) is 7.84. The number of sulfonamides is 1. The van der Waals surface area contributed by atoms with Crippen LogP contribution in [0.3, 0.4) is 0 Å². The summed E-state index contributed by atoms with van der Waals surface area (Å²) in [4.78, 5) is 0. The minimum atomic E-state index is -3.58. The first-order valence-electron chi connectivity index (χ1n) is 5.58. The number of nitrogens with zero attached hydrogens (tertiary/aromatic N) is 3. The van der Waals surface area contributed by atoms with Crippen molar-refractivity contribution in [3.05, 3.63) is 0 Å². The van der Waals surface area contributed by atoms with E-state index in [0.29, 0.717) is 19.4 Å². The molecule has 7 nitrogen and oxygen atoms in total. The second kappa shape index (κ2) is 5.08. The summed E-state index contributed by atoms with van der Waals surface area (Å²) in [5.74, 6) is 0. The van der Waals surface area contributed by atoms with Crippen LogP contribution in [0, 0.1) is 0 Å². The Hall–Kier alpha value is -0.770. The van der Waals surface area contributed by atoms with Gasteiger partial charge in [-0.3, -0.25) is 0 Å². The zero-order valence-corrected chi connectivity index (χ0v) is 11.9. The van der Waals surface area contributed by atoms with Gasteiger partial charge in [-0.1, -0.05) is 11.3 Å². The molecule has 0 amide bonds. The number of piperidine rings is 1. The first kappa shape index (κ1) is 13.7. The van der Waals surface area contributed by atoms with Crippen molar-refractivity contribution < 1.29 is 13.2 Å². The summed E-state index contributed by atoms with van der Waals surface area (Å²) in [5, 5.41) is 7.33.